The number of urea groups is 1. The molecule has 16 nitrogen and oxygen atoms in total. The van der Waals surface area contributed by atoms with Gasteiger partial charge in [-0.15, -0.1) is 11.3 Å². The molecule has 4 heterocycles. The van der Waals surface area contributed by atoms with Crippen molar-refractivity contribution in [3.05, 3.63) is 82.9 Å². The molecular formula is C36H42N8O8S2. The normalized spacial score (nSPS) is 22.9. The van der Waals surface area contributed by atoms with E-state index in [0.717, 1.165) is 28.1 Å². The Balaban J connectivity index is 1.29. The first-order chi connectivity index (χ1) is 25.4. The van der Waals surface area contributed by atoms with E-state index in [1.165, 1.54) is 29.0 Å². The Labute approximate surface area is 320 Å². The molecule has 1 aromatic heterocycles. The number of nitrogen functional groups attached to an aromatic ring is 1. The molecule has 3 aliphatic heterocycles. The van der Waals surface area contributed by atoms with Gasteiger partial charge in [0.15, 0.2) is 16.9 Å². The molecule has 5 N–H and O–H groups in total. The smallest absolute Gasteiger partial charge is 0.353 e. The van der Waals surface area contributed by atoms with E-state index < -0.39 is 69.4 Å². The summed E-state index contributed by atoms with van der Waals surface area (Å²) in [5.74, 6) is 3.20. The largest absolute Gasteiger partial charge is 0.457 e. The molecule has 0 spiro atoms. The van der Waals surface area contributed by atoms with Gasteiger partial charge in [0, 0.05) is 5.38 Å². The molecule has 2 aromatic carbocycles. The first-order valence-electron chi connectivity index (χ1n) is 17.1. The Hall–Kier alpha value is -5.20. The average Bonchev–Trinajstić information content (AvgIpc) is 3.79. The van der Waals surface area contributed by atoms with Gasteiger partial charge >= 0.3 is 18.0 Å². The number of fused-ring (bicyclic) bond motifs is 1. The van der Waals surface area contributed by atoms with Crippen LogP contribution in [0.3, 0.4) is 0 Å². The van der Waals surface area contributed by atoms with Crippen molar-refractivity contribution in [1.82, 2.24) is 25.1 Å². The van der Waals surface area contributed by atoms with Gasteiger partial charge < -0.3 is 30.3 Å². The fraction of sp³-hybridized carbons (Fsp3) is 0.417. The minimum absolute atomic E-state index is 0.0445. The Bertz CT molecular complexity index is 1930. The van der Waals surface area contributed by atoms with E-state index in [-0.39, 0.29) is 29.6 Å². The Morgan fingerprint density at radius 3 is 2.15 bits per heavy atom. The number of carbonyl (C=O) groups excluding carboxylic acids is 5. The third-order valence-electron chi connectivity index (χ3n) is 8.85. The SMILES string of the molecule is C[C@H]1CN(N)C(=O)N1[C@]1(C(=O)OC(c2ccccc2)c2ccccc2)CN2C(=O)[C@@H](NC(=O)/C(=N\OC(C)(C)C(=O)OC(C)(C)C)c3csc(N)n3)[C@H]2S1. The molecule has 0 unspecified atom stereocenters. The molecule has 0 aliphatic carbocycles. The van der Waals surface area contributed by atoms with Crippen molar-refractivity contribution >= 4 is 63.7 Å². The number of hydrazine groups is 1. The lowest BCUT2D eigenvalue weighted by atomic mass is 10.0. The lowest BCUT2D eigenvalue weighted by Gasteiger charge is -2.41. The minimum atomic E-state index is -1.73. The second-order valence-electron chi connectivity index (χ2n) is 14.6. The number of nitrogens with zero attached hydrogens (tertiary/aromatic N) is 5. The topological polar surface area (TPSA) is 212 Å². The van der Waals surface area contributed by atoms with Gasteiger partial charge in [-0.3, -0.25) is 19.5 Å². The molecule has 4 amide bonds. The number of esters is 2. The summed E-state index contributed by atoms with van der Waals surface area (Å²) in [7, 11) is 0. The lowest BCUT2D eigenvalue weighted by molar-refractivity contribution is -0.179. The quantitative estimate of drug-likeness (QED) is 0.0641. The van der Waals surface area contributed by atoms with E-state index in [1.807, 2.05) is 60.7 Å². The van der Waals surface area contributed by atoms with E-state index >= 15 is 0 Å². The molecule has 3 fully saturated rings. The van der Waals surface area contributed by atoms with Crippen LogP contribution >= 0.6 is 23.1 Å². The molecule has 3 aromatic rings. The van der Waals surface area contributed by atoms with Crippen LogP contribution in [0, 0.1) is 0 Å². The van der Waals surface area contributed by atoms with E-state index in [2.05, 4.69) is 15.5 Å². The standard InChI is InChI=1S/C36H42N8O8S2/c1-20-17-43(38)33(49)44(20)36(31(48)50-26(21-13-9-7-10-14-21)22-15-11-8-12-16-22)19-42-28(46)25(29(42)54-36)40-27(45)24(23-18-53-32(37)39-23)41-52-35(5,6)30(47)51-34(2,3)4/h7-16,18,20,25-26,29H,17,19,38H2,1-6H3,(H2,37,39)(H,40,45)/b41-24-/t20-,25+,29+,36+/m0/s1. The number of thioether (sulfide) groups is 1. The summed E-state index contributed by atoms with van der Waals surface area (Å²) >= 11 is 2.07. The number of hydrogen-bond donors (Lipinski definition) is 3. The number of thiazole rings is 1. The number of oxime groups is 1. The first kappa shape index (κ1) is 38.5. The predicted molar refractivity (Wildman–Crippen MR) is 200 cm³/mol. The monoisotopic (exact) mass is 778 g/mol. The van der Waals surface area contributed by atoms with Crippen molar-refractivity contribution in [3.8, 4) is 0 Å². The van der Waals surface area contributed by atoms with Crippen LogP contribution in [0.25, 0.3) is 0 Å². The zero-order valence-corrected chi connectivity index (χ0v) is 32.2. The fourth-order valence-corrected chi connectivity index (χ4v) is 8.54. The van der Waals surface area contributed by atoms with Crippen molar-refractivity contribution in [1.29, 1.82) is 0 Å². The van der Waals surface area contributed by atoms with Gasteiger partial charge in [-0.1, -0.05) is 77.6 Å². The Morgan fingerprint density at radius 2 is 1.63 bits per heavy atom. The summed E-state index contributed by atoms with van der Waals surface area (Å²) in [6.07, 6.45) is -0.840. The van der Waals surface area contributed by atoms with E-state index in [4.69, 9.17) is 25.9 Å². The maximum absolute atomic E-state index is 14.7. The number of anilines is 1. The van der Waals surface area contributed by atoms with E-state index in [9.17, 15) is 24.0 Å². The van der Waals surface area contributed by atoms with Gasteiger partial charge in [0.1, 0.15) is 22.7 Å². The number of nitrogens with one attached hydrogen (secondary N) is 1. The summed E-state index contributed by atoms with van der Waals surface area (Å²) < 4.78 is 11.7. The number of benzene rings is 2. The van der Waals surface area contributed by atoms with Crippen molar-refractivity contribution in [2.45, 2.75) is 81.2 Å². The highest BCUT2D eigenvalue weighted by Crippen LogP contribution is 2.51. The highest BCUT2D eigenvalue weighted by Gasteiger charge is 2.68. The van der Waals surface area contributed by atoms with E-state index in [0.29, 0.717) is 11.1 Å². The van der Waals surface area contributed by atoms with Crippen molar-refractivity contribution < 1.29 is 38.3 Å². The highest BCUT2D eigenvalue weighted by atomic mass is 32.2. The van der Waals surface area contributed by atoms with E-state index in [1.54, 1.807) is 27.7 Å². The molecule has 0 saturated carbocycles. The second-order valence-corrected chi connectivity index (χ2v) is 16.9. The first-order valence-corrected chi connectivity index (χ1v) is 18.8. The molecule has 4 atom stereocenters. The number of ether oxygens (including phenoxy) is 2. The molecule has 0 bridgehead atoms. The maximum atomic E-state index is 14.7. The molecule has 6 rings (SSSR count). The molecule has 286 valence electrons. The number of carbonyl (C=O) groups is 5. The van der Waals surface area contributed by atoms with Crippen LogP contribution in [-0.4, -0.2) is 102 Å². The van der Waals surface area contributed by atoms with Crippen LogP contribution in [0.1, 0.15) is 64.5 Å². The molecule has 3 saturated heterocycles. The summed E-state index contributed by atoms with van der Waals surface area (Å²) in [6, 6.07) is 16.1. The Kier molecular flexibility index (Phi) is 10.4. The average molecular weight is 779 g/mol. The maximum Gasteiger partial charge on any atom is 0.353 e. The molecule has 54 heavy (non-hydrogen) atoms. The van der Waals surface area contributed by atoms with Crippen molar-refractivity contribution in [2.24, 2.45) is 11.0 Å². The number of rotatable bonds is 11. The van der Waals surface area contributed by atoms with Gasteiger partial charge in [0.25, 0.3) is 5.91 Å². The van der Waals surface area contributed by atoms with Crippen LogP contribution in [0.15, 0.2) is 71.2 Å². The van der Waals surface area contributed by atoms with Crippen LogP contribution < -0.4 is 16.9 Å². The minimum Gasteiger partial charge on any atom is -0.457 e. The molecule has 3 aliphatic rings. The van der Waals surface area contributed by atoms with Gasteiger partial charge in [-0.25, -0.2) is 25.2 Å². The second kappa shape index (κ2) is 14.6. The Morgan fingerprint density at radius 1 is 1.02 bits per heavy atom. The number of β-lactam (4-membered cyclic amide) rings is 1. The summed E-state index contributed by atoms with van der Waals surface area (Å²) in [5.41, 5.74) is 4.53. The van der Waals surface area contributed by atoms with Crippen molar-refractivity contribution in [3.63, 3.8) is 0 Å². The summed E-state index contributed by atoms with van der Waals surface area (Å²) in [4.78, 5) is 79.5. The molecule has 18 heteroatoms. The lowest BCUT2D eigenvalue weighted by Crippen LogP contribution is -2.68. The van der Waals surface area contributed by atoms with Crippen LogP contribution in [0.4, 0.5) is 9.93 Å². The number of nitrogens with two attached hydrogens (primary N) is 2. The van der Waals surface area contributed by atoms with Crippen LogP contribution in [0.5, 0.6) is 0 Å². The zero-order valence-electron chi connectivity index (χ0n) is 30.5. The summed E-state index contributed by atoms with van der Waals surface area (Å²) in [5, 5.41) is 8.54. The third-order valence-corrected chi connectivity index (χ3v) is 11.2. The molecule has 0 radical (unpaired) electrons. The number of amides is 4. The predicted octanol–water partition coefficient (Wildman–Crippen LogP) is 3.00. The zero-order chi connectivity index (χ0) is 39.2. The van der Waals surface area contributed by atoms with Gasteiger partial charge in [-0.05, 0) is 52.7 Å². The van der Waals surface area contributed by atoms with Crippen molar-refractivity contribution in [2.75, 3.05) is 18.8 Å². The summed E-state index contributed by atoms with van der Waals surface area (Å²) in [6.45, 7) is 9.63. The third kappa shape index (κ3) is 7.45. The van der Waals surface area contributed by atoms with Gasteiger partial charge in [0.2, 0.25) is 16.4 Å². The number of aromatic nitrogens is 1. The fourth-order valence-electron chi connectivity index (χ4n) is 6.24. The number of hydrogen-bond acceptors (Lipinski definition) is 14. The molecular weight excluding hydrogens is 737 g/mol. The van der Waals surface area contributed by atoms with Crippen LogP contribution in [-0.2, 0) is 33.5 Å². The highest BCUT2D eigenvalue weighted by molar-refractivity contribution is 8.02. The van der Waals surface area contributed by atoms with Crippen LogP contribution in [0.2, 0.25) is 0 Å². The van der Waals surface area contributed by atoms with Gasteiger partial charge in [0.05, 0.1) is 19.1 Å². The van der Waals surface area contributed by atoms with Gasteiger partial charge in [-0.2, -0.15) is 0 Å².